The summed E-state index contributed by atoms with van der Waals surface area (Å²) in [4.78, 5) is 3.06. The van der Waals surface area contributed by atoms with Crippen molar-refractivity contribution in [3.05, 3.63) is 4.85 Å². The highest BCUT2D eigenvalue weighted by Gasteiger charge is 2.32. The molecule has 0 heterocycles. The standard InChI is InChI=1S/C7H14NO5/c1-8-2-4(10)6(12)7(13)5(11)3-9/h1,4-7,9-13H,2-3H2/q+1/t4-,5+,6+,7+/m0/s1. The average molecular weight is 192 g/mol. The summed E-state index contributed by atoms with van der Waals surface area (Å²) < 4.78 is 0. The molecule has 0 rings (SSSR count). The number of nitrogens with zero attached hydrogens (tertiary/aromatic N) is 1. The minimum absolute atomic E-state index is 0.254. The molecular weight excluding hydrogens is 178 g/mol. The van der Waals surface area contributed by atoms with Crippen molar-refractivity contribution in [1.29, 1.82) is 0 Å². The molecule has 0 amide bonds. The van der Waals surface area contributed by atoms with E-state index >= 15 is 0 Å². The van der Waals surface area contributed by atoms with E-state index in [1.807, 2.05) is 0 Å². The summed E-state index contributed by atoms with van der Waals surface area (Å²) in [7, 11) is 0. The van der Waals surface area contributed by atoms with Crippen LogP contribution >= 0.6 is 0 Å². The minimum Gasteiger partial charge on any atom is -0.394 e. The van der Waals surface area contributed by atoms with Gasteiger partial charge in [0.05, 0.1) is 6.61 Å². The van der Waals surface area contributed by atoms with Gasteiger partial charge in [-0.3, -0.25) is 0 Å². The van der Waals surface area contributed by atoms with Crippen LogP contribution in [0.3, 0.4) is 0 Å². The summed E-state index contributed by atoms with van der Waals surface area (Å²) in [6.07, 6.45) is -6.07. The van der Waals surface area contributed by atoms with Gasteiger partial charge in [0.25, 0.3) is 13.1 Å². The van der Waals surface area contributed by atoms with E-state index in [0.717, 1.165) is 0 Å². The first-order valence-corrected chi connectivity index (χ1v) is 3.74. The van der Waals surface area contributed by atoms with Crippen LogP contribution in [0.4, 0.5) is 0 Å². The summed E-state index contributed by atoms with van der Waals surface area (Å²) in [5.74, 6) is 0. The summed E-state index contributed by atoms with van der Waals surface area (Å²) in [6.45, 7) is 3.78. The van der Waals surface area contributed by atoms with Crippen LogP contribution < -0.4 is 0 Å². The van der Waals surface area contributed by atoms with E-state index in [1.165, 1.54) is 0 Å². The second-order valence-corrected chi connectivity index (χ2v) is 2.66. The highest BCUT2D eigenvalue weighted by atomic mass is 16.4. The topological polar surface area (TPSA) is 106 Å². The Kier molecular flexibility index (Phi) is 5.53. The van der Waals surface area contributed by atoms with Gasteiger partial charge in [-0.2, -0.15) is 0 Å². The molecule has 0 aromatic carbocycles. The number of hydrogen-bond donors (Lipinski definition) is 5. The molecule has 0 radical (unpaired) electrons. The molecule has 5 N–H and O–H groups in total. The molecule has 0 fully saturated rings. The fraction of sp³-hybridized carbons (Fsp3) is 0.857. The summed E-state index contributed by atoms with van der Waals surface area (Å²) in [5, 5.41) is 44.6. The Balaban J connectivity index is 4.09. The molecule has 0 bridgehead atoms. The Morgan fingerprint density at radius 1 is 1.00 bits per heavy atom. The smallest absolute Gasteiger partial charge is 0.291 e. The fourth-order valence-electron chi connectivity index (χ4n) is 0.779. The van der Waals surface area contributed by atoms with Crippen molar-refractivity contribution in [2.75, 3.05) is 13.2 Å². The fourth-order valence-corrected chi connectivity index (χ4v) is 0.779. The van der Waals surface area contributed by atoms with Gasteiger partial charge in [0.15, 0.2) is 6.10 Å². The summed E-state index contributed by atoms with van der Waals surface area (Å²) in [5.41, 5.74) is 0. The molecule has 0 saturated heterocycles. The number of rotatable bonds is 5. The maximum Gasteiger partial charge on any atom is 0.291 e. The van der Waals surface area contributed by atoms with Gasteiger partial charge in [-0.1, -0.05) is 4.85 Å². The summed E-state index contributed by atoms with van der Waals surface area (Å²) >= 11 is 0. The van der Waals surface area contributed by atoms with Gasteiger partial charge in [0, 0.05) is 0 Å². The second-order valence-electron chi connectivity index (χ2n) is 2.66. The Hall–Kier alpha value is -0.710. The first-order chi connectivity index (χ1) is 6.04. The Labute approximate surface area is 75.5 Å². The molecule has 0 aromatic rings. The van der Waals surface area contributed by atoms with Gasteiger partial charge in [-0.25, -0.2) is 0 Å². The first kappa shape index (κ1) is 12.3. The number of aliphatic hydroxyl groups excluding tert-OH is 5. The van der Waals surface area contributed by atoms with Crippen LogP contribution in [0.2, 0.25) is 0 Å². The molecule has 6 heteroatoms. The highest BCUT2D eigenvalue weighted by molar-refractivity contribution is 4.85. The first-order valence-electron chi connectivity index (χ1n) is 3.74. The molecule has 0 unspecified atom stereocenters. The zero-order valence-corrected chi connectivity index (χ0v) is 6.98. The molecule has 0 aliphatic carbocycles. The molecule has 0 spiro atoms. The monoisotopic (exact) mass is 192 g/mol. The van der Waals surface area contributed by atoms with Crippen LogP contribution in [0.5, 0.6) is 0 Å². The van der Waals surface area contributed by atoms with Crippen molar-refractivity contribution in [3.8, 4) is 6.57 Å². The molecular formula is C7H14NO5+. The molecule has 0 saturated carbocycles. The molecule has 6 nitrogen and oxygen atoms in total. The van der Waals surface area contributed by atoms with Crippen molar-refractivity contribution < 1.29 is 25.5 Å². The normalized spacial score (nSPS) is 20.0. The van der Waals surface area contributed by atoms with Crippen molar-refractivity contribution in [2.45, 2.75) is 24.4 Å². The van der Waals surface area contributed by atoms with Gasteiger partial charge in [-0.15, -0.1) is 0 Å². The minimum atomic E-state index is -1.62. The maximum atomic E-state index is 9.13. The predicted molar refractivity (Wildman–Crippen MR) is 44.3 cm³/mol. The maximum absolute atomic E-state index is 9.13. The number of aliphatic hydroxyl groups is 5. The molecule has 76 valence electrons. The van der Waals surface area contributed by atoms with Crippen LogP contribution in [0.1, 0.15) is 0 Å². The summed E-state index contributed by atoms with van der Waals surface area (Å²) in [6, 6.07) is 0. The lowest BCUT2D eigenvalue weighted by atomic mass is 10.0. The third-order valence-corrected chi connectivity index (χ3v) is 1.62. The molecule has 13 heavy (non-hydrogen) atoms. The highest BCUT2D eigenvalue weighted by Crippen LogP contribution is 2.05. The van der Waals surface area contributed by atoms with E-state index in [9.17, 15) is 0 Å². The van der Waals surface area contributed by atoms with Gasteiger partial charge in [0.1, 0.15) is 18.3 Å². The van der Waals surface area contributed by atoms with Crippen LogP contribution in [0.25, 0.3) is 4.85 Å². The van der Waals surface area contributed by atoms with Crippen LogP contribution in [0.15, 0.2) is 0 Å². The predicted octanol–water partition coefficient (Wildman–Crippen LogP) is -2.62. The van der Waals surface area contributed by atoms with E-state index < -0.39 is 31.0 Å². The van der Waals surface area contributed by atoms with Crippen LogP contribution in [0, 0.1) is 6.57 Å². The molecule has 4 atom stereocenters. The quantitative estimate of drug-likeness (QED) is 0.328. The van der Waals surface area contributed by atoms with Crippen molar-refractivity contribution >= 4 is 0 Å². The van der Waals surface area contributed by atoms with E-state index in [2.05, 4.69) is 4.85 Å². The Bertz CT molecular complexity index is 180. The third-order valence-electron chi connectivity index (χ3n) is 1.62. The molecule has 0 aliphatic heterocycles. The van der Waals surface area contributed by atoms with E-state index in [1.54, 1.807) is 0 Å². The van der Waals surface area contributed by atoms with Crippen LogP contribution in [-0.2, 0) is 0 Å². The van der Waals surface area contributed by atoms with Gasteiger partial charge >= 0.3 is 0 Å². The van der Waals surface area contributed by atoms with Gasteiger partial charge in [0.2, 0.25) is 0 Å². The zero-order chi connectivity index (χ0) is 10.4. The van der Waals surface area contributed by atoms with Crippen molar-refractivity contribution in [1.82, 2.24) is 0 Å². The molecule has 0 aliphatic rings. The average Bonchev–Trinajstić information content (AvgIpc) is 2.14. The second kappa shape index (κ2) is 5.85. The zero-order valence-electron chi connectivity index (χ0n) is 6.98. The SMILES string of the molecule is C#[N+]C[C@H](O)[C@@H](O)[C@H](O)[C@H](O)CO. The Morgan fingerprint density at radius 2 is 1.46 bits per heavy atom. The lowest BCUT2D eigenvalue weighted by Gasteiger charge is -2.22. The van der Waals surface area contributed by atoms with E-state index in [4.69, 9.17) is 32.1 Å². The molecule has 0 aromatic heterocycles. The number of hydrogen-bond acceptors (Lipinski definition) is 5. The van der Waals surface area contributed by atoms with E-state index in [0.29, 0.717) is 0 Å². The van der Waals surface area contributed by atoms with Gasteiger partial charge < -0.3 is 25.5 Å². The lowest BCUT2D eigenvalue weighted by molar-refractivity contribution is -0.111. The van der Waals surface area contributed by atoms with Crippen molar-refractivity contribution in [3.63, 3.8) is 0 Å². The van der Waals surface area contributed by atoms with E-state index in [-0.39, 0.29) is 6.54 Å². The van der Waals surface area contributed by atoms with Crippen molar-refractivity contribution in [2.24, 2.45) is 0 Å². The third kappa shape index (κ3) is 3.67. The van der Waals surface area contributed by atoms with Crippen LogP contribution in [-0.4, -0.2) is 63.1 Å². The lowest BCUT2D eigenvalue weighted by Crippen LogP contribution is -2.46. The van der Waals surface area contributed by atoms with Gasteiger partial charge in [-0.05, 0) is 0 Å². The Morgan fingerprint density at radius 3 is 1.85 bits per heavy atom. The largest absolute Gasteiger partial charge is 0.394 e.